The fraction of sp³-hybridized carbons (Fsp3) is 0.400. The van der Waals surface area contributed by atoms with Gasteiger partial charge in [0.05, 0.1) is 23.0 Å². The van der Waals surface area contributed by atoms with E-state index >= 15 is 0 Å². The third-order valence-corrected chi connectivity index (χ3v) is 8.57. The maximum Gasteiger partial charge on any atom is 0.252 e. The number of fused-ring (bicyclic) bond motifs is 1. The Balaban J connectivity index is 1.44. The minimum atomic E-state index is -3.55. The molecule has 1 aromatic carbocycles. The van der Waals surface area contributed by atoms with E-state index in [0.29, 0.717) is 29.4 Å². The van der Waals surface area contributed by atoms with Crippen molar-refractivity contribution in [3.63, 3.8) is 0 Å². The number of para-hydroxylation sites is 2. The number of carbonyl (C=O) groups excluding carboxylic acids is 1. The molecule has 0 spiro atoms. The van der Waals surface area contributed by atoms with Crippen LogP contribution in [0.25, 0.3) is 11.0 Å². The first-order valence-electron chi connectivity index (χ1n) is 9.66. The summed E-state index contributed by atoms with van der Waals surface area (Å²) in [5, 5.41) is 2.99. The van der Waals surface area contributed by atoms with Crippen molar-refractivity contribution in [3.05, 3.63) is 47.1 Å². The van der Waals surface area contributed by atoms with Crippen LogP contribution < -0.4 is 5.32 Å². The maximum atomic E-state index is 12.9. The second-order valence-corrected chi connectivity index (χ2v) is 10.9. The van der Waals surface area contributed by atoms with E-state index in [0.717, 1.165) is 15.9 Å². The molecule has 2 N–H and O–H groups in total. The lowest BCUT2D eigenvalue weighted by Crippen LogP contribution is -2.45. The first-order valence-corrected chi connectivity index (χ1v) is 11.9. The topological polar surface area (TPSA) is 95.2 Å². The maximum absolute atomic E-state index is 12.9. The molecule has 0 radical (unpaired) electrons. The monoisotopic (exact) mass is 432 g/mol. The fourth-order valence-electron chi connectivity index (χ4n) is 3.63. The molecule has 2 aromatic heterocycles. The zero-order valence-electron chi connectivity index (χ0n) is 16.4. The van der Waals surface area contributed by atoms with Crippen LogP contribution in [0, 0.1) is 12.8 Å². The minimum absolute atomic E-state index is 0.139. The number of sulfonamides is 1. The molecule has 0 saturated carbocycles. The molecule has 7 nitrogen and oxygen atoms in total. The highest BCUT2D eigenvalue weighted by Gasteiger charge is 2.34. The molecule has 4 rings (SSSR count). The van der Waals surface area contributed by atoms with Crippen molar-refractivity contribution in [2.24, 2.45) is 5.92 Å². The minimum Gasteiger partial charge on any atom is -0.346 e. The van der Waals surface area contributed by atoms with Gasteiger partial charge in [0.25, 0.3) is 10.0 Å². The van der Waals surface area contributed by atoms with Crippen LogP contribution in [0.2, 0.25) is 0 Å². The van der Waals surface area contributed by atoms with Gasteiger partial charge in [-0.25, -0.2) is 13.4 Å². The van der Waals surface area contributed by atoms with E-state index in [1.807, 2.05) is 38.1 Å². The van der Waals surface area contributed by atoms with Crippen molar-refractivity contribution in [2.75, 3.05) is 13.1 Å². The van der Waals surface area contributed by atoms with Gasteiger partial charge >= 0.3 is 0 Å². The van der Waals surface area contributed by atoms with Crippen LogP contribution in [0.5, 0.6) is 0 Å². The predicted molar refractivity (Wildman–Crippen MR) is 113 cm³/mol. The van der Waals surface area contributed by atoms with Gasteiger partial charge in [0, 0.05) is 18.0 Å². The lowest BCUT2D eigenvalue weighted by atomic mass is 9.98. The van der Waals surface area contributed by atoms with Gasteiger partial charge in [-0.2, -0.15) is 4.31 Å². The predicted octanol–water partition coefficient (Wildman–Crippen LogP) is 3.21. The summed E-state index contributed by atoms with van der Waals surface area (Å²) in [5.74, 6) is 0.181. The third-order valence-electron chi connectivity index (χ3n) is 5.24. The highest BCUT2D eigenvalue weighted by atomic mass is 32.2. The zero-order chi connectivity index (χ0) is 20.6. The smallest absolute Gasteiger partial charge is 0.252 e. The number of rotatable bonds is 5. The first kappa shape index (κ1) is 20.1. The molecule has 1 fully saturated rings. The SMILES string of the molecule is Cc1ccc(S(=O)(=O)N2CCCC(C(=O)NC(C)c3nc4ccccc4[nH]3)C2)s1. The average molecular weight is 433 g/mol. The average Bonchev–Trinajstić information content (AvgIpc) is 3.34. The molecule has 0 bridgehead atoms. The number of imidazole rings is 1. The summed E-state index contributed by atoms with van der Waals surface area (Å²) in [7, 11) is -3.55. The molecule has 1 amide bonds. The lowest BCUT2D eigenvalue weighted by molar-refractivity contribution is -0.126. The van der Waals surface area contributed by atoms with Crippen molar-refractivity contribution in [1.29, 1.82) is 0 Å². The number of aromatic amines is 1. The Morgan fingerprint density at radius 1 is 1.31 bits per heavy atom. The molecule has 1 saturated heterocycles. The molecular formula is C20H24N4O3S2. The Morgan fingerprint density at radius 3 is 2.83 bits per heavy atom. The zero-order valence-corrected chi connectivity index (χ0v) is 18.0. The number of nitrogens with zero attached hydrogens (tertiary/aromatic N) is 2. The summed E-state index contributed by atoms with van der Waals surface area (Å²) < 4.78 is 27.6. The van der Waals surface area contributed by atoms with E-state index in [1.165, 1.54) is 15.6 Å². The van der Waals surface area contributed by atoms with Gasteiger partial charge in [-0.3, -0.25) is 4.79 Å². The molecule has 154 valence electrons. The Kier molecular flexibility index (Phi) is 5.46. The van der Waals surface area contributed by atoms with Crippen LogP contribution in [-0.4, -0.2) is 41.7 Å². The first-order chi connectivity index (χ1) is 13.8. The Labute approximate surface area is 174 Å². The molecule has 2 unspecified atom stereocenters. The number of piperidine rings is 1. The number of amides is 1. The van der Waals surface area contributed by atoms with Gasteiger partial charge in [0.2, 0.25) is 5.91 Å². The lowest BCUT2D eigenvalue weighted by Gasteiger charge is -2.31. The van der Waals surface area contributed by atoms with E-state index in [9.17, 15) is 13.2 Å². The van der Waals surface area contributed by atoms with Crippen LogP contribution in [0.4, 0.5) is 0 Å². The summed E-state index contributed by atoms with van der Waals surface area (Å²) in [6.45, 7) is 4.41. The number of aryl methyl sites for hydroxylation is 1. The normalized spacial score (nSPS) is 19.3. The van der Waals surface area contributed by atoms with Gasteiger partial charge in [0.15, 0.2) is 0 Å². The van der Waals surface area contributed by atoms with Crippen LogP contribution in [0.3, 0.4) is 0 Å². The van der Waals surface area contributed by atoms with Crippen LogP contribution in [-0.2, 0) is 14.8 Å². The van der Waals surface area contributed by atoms with E-state index in [4.69, 9.17) is 0 Å². The number of carbonyl (C=O) groups is 1. The highest BCUT2D eigenvalue weighted by Crippen LogP contribution is 2.28. The molecule has 1 aliphatic heterocycles. The van der Waals surface area contributed by atoms with Crippen LogP contribution in [0.15, 0.2) is 40.6 Å². The van der Waals surface area contributed by atoms with Gasteiger partial charge in [0.1, 0.15) is 10.0 Å². The molecule has 3 aromatic rings. The Morgan fingerprint density at radius 2 is 2.10 bits per heavy atom. The summed E-state index contributed by atoms with van der Waals surface area (Å²) in [4.78, 5) is 21.6. The Hall–Kier alpha value is -2.23. The van der Waals surface area contributed by atoms with Gasteiger partial charge < -0.3 is 10.3 Å². The molecule has 1 aliphatic rings. The summed E-state index contributed by atoms with van der Waals surface area (Å²) >= 11 is 1.27. The molecule has 3 heterocycles. The van der Waals surface area contributed by atoms with Gasteiger partial charge in [-0.15, -0.1) is 11.3 Å². The second kappa shape index (κ2) is 7.89. The summed E-state index contributed by atoms with van der Waals surface area (Å²) in [6, 6.07) is 10.9. The van der Waals surface area contributed by atoms with Crippen molar-refractivity contribution in [2.45, 2.75) is 36.9 Å². The van der Waals surface area contributed by atoms with E-state index in [-0.39, 0.29) is 24.4 Å². The number of hydrogen-bond donors (Lipinski definition) is 2. The quantitative estimate of drug-likeness (QED) is 0.647. The van der Waals surface area contributed by atoms with Crippen molar-refractivity contribution >= 4 is 38.3 Å². The highest BCUT2D eigenvalue weighted by molar-refractivity contribution is 7.91. The molecule has 0 aliphatic carbocycles. The Bertz CT molecular complexity index is 1100. The number of nitrogens with one attached hydrogen (secondary N) is 2. The van der Waals surface area contributed by atoms with Crippen molar-refractivity contribution in [3.8, 4) is 0 Å². The molecule has 29 heavy (non-hydrogen) atoms. The number of aromatic nitrogens is 2. The largest absolute Gasteiger partial charge is 0.346 e. The second-order valence-electron chi connectivity index (χ2n) is 7.44. The van der Waals surface area contributed by atoms with Crippen LogP contribution >= 0.6 is 11.3 Å². The van der Waals surface area contributed by atoms with E-state index in [1.54, 1.807) is 12.1 Å². The van der Waals surface area contributed by atoms with Crippen molar-refractivity contribution in [1.82, 2.24) is 19.6 Å². The van der Waals surface area contributed by atoms with E-state index < -0.39 is 10.0 Å². The van der Waals surface area contributed by atoms with Crippen molar-refractivity contribution < 1.29 is 13.2 Å². The molecule has 2 atom stereocenters. The fourth-order valence-corrected chi connectivity index (χ4v) is 6.59. The standard InChI is InChI=1S/C20H24N4O3S2/c1-13-9-10-18(28-13)29(26,27)24-11-5-6-15(12-24)20(25)21-14(2)19-22-16-7-3-4-8-17(16)23-19/h3-4,7-10,14-15H,5-6,11-12H2,1-2H3,(H,21,25)(H,22,23). The number of H-pyrrole nitrogens is 1. The van der Waals surface area contributed by atoms with Gasteiger partial charge in [-0.1, -0.05) is 12.1 Å². The summed E-state index contributed by atoms with van der Waals surface area (Å²) in [5.41, 5.74) is 1.77. The molecule has 9 heteroatoms. The number of benzene rings is 1. The number of hydrogen-bond acceptors (Lipinski definition) is 5. The third kappa shape index (κ3) is 4.08. The number of thiophene rings is 1. The van der Waals surface area contributed by atoms with E-state index in [2.05, 4.69) is 15.3 Å². The van der Waals surface area contributed by atoms with Gasteiger partial charge in [-0.05, 0) is 51.0 Å². The summed E-state index contributed by atoms with van der Waals surface area (Å²) in [6.07, 6.45) is 1.34. The van der Waals surface area contributed by atoms with Crippen LogP contribution in [0.1, 0.15) is 36.5 Å². The molecular weight excluding hydrogens is 408 g/mol.